The summed E-state index contributed by atoms with van der Waals surface area (Å²) in [5.41, 5.74) is 2.30. The Hall–Kier alpha value is -0.520. The molecule has 0 atom stereocenters. The third-order valence-corrected chi connectivity index (χ3v) is 4.50. The zero-order chi connectivity index (χ0) is 13.1. The molecule has 18 heavy (non-hydrogen) atoms. The van der Waals surface area contributed by atoms with Crippen LogP contribution in [0, 0.1) is 4.64 Å². The number of halogens is 2. The maximum Gasteiger partial charge on any atom is 0.144 e. The maximum absolute atomic E-state index is 5.25. The van der Waals surface area contributed by atoms with E-state index in [0.29, 0.717) is 4.64 Å². The Morgan fingerprint density at radius 3 is 2.78 bits per heavy atom. The van der Waals surface area contributed by atoms with E-state index in [2.05, 4.69) is 60.9 Å². The van der Waals surface area contributed by atoms with E-state index in [9.17, 15) is 0 Å². The summed E-state index contributed by atoms with van der Waals surface area (Å²) in [7, 11) is 0. The summed E-state index contributed by atoms with van der Waals surface area (Å²) in [6.07, 6.45) is 1.65. The molecule has 2 aromatic rings. The van der Waals surface area contributed by atoms with Crippen LogP contribution < -0.4 is 0 Å². The predicted molar refractivity (Wildman–Crippen MR) is 83.4 cm³/mol. The molecule has 0 aliphatic rings. The second-order valence-electron chi connectivity index (χ2n) is 3.94. The predicted octanol–water partition coefficient (Wildman–Crippen LogP) is 4.82. The molecule has 1 aromatic heterocycles. The third kappa shape index (κ3) is 3.28. The summed E-state index contributed by atoms with van der Waals surface area (Å²) >= 11 is 12.2. The Morgan fingerprint density at radius 1 is 1.33 bits per heavy atom. The van der Waals surface area contributed by atoms with Crippen LogP contribution in [0.4, 0.5) is 0 Å². The molecule has 94 valence electrons. The number of hydrogen-bond acceptors (Lipinski definition) is 2. The molecule has 0 aliphatic heterocycles. The van der Waals surface area contributed by atoms with Crippen LogP contribution >= 0.6 is 44.1 Å². The number of H-pyrrole nitrogens is 1. The first-order valence-corrected chi connectivity index (χ1v) is 7.61. The Bertz CT molecular complexity index is 623. The Morgan fingerprint density at radius 2 is 2.11 bits per heavy atom. The minimum atomic E-state index is 0.621. The average Bonchev–Trinajstić information content (AvgIpc) is 2.33. The second kappa shape index (κ2) is 6.08. The molecule has 1 N–H and O–H groups in total. The van der Waals surface area contributed by atoms with Gasteiger partial charge in [-0.25, -0.2) is 4.98 Å². The largest absolute Gasteiger partial charge is 0.346 e. The summed E-state index contributed by atoms with van der Waals surface area (Å²) < 4.78 is 2.60. The molecule has 0 bridgehead atoms. The van der Waals surface area contributed by atoms with E-state index in [1.165, 1.54) is 5.56 Å². The lowest BCUT2D eigenvalue weighted by atomic mass is 10.1. The SMILES string of the molecule is CCc1[nH]c(Cc2cccc(Br)c2)nc(=S)c1Br. The van der Waals surface area contributed by atoms with Gasteiger partial charge in [0, 0.05) is 16.6 Å². The molecule has 0 amide bonds. The quantitative estimate of drug-likeness (QED) is 0.765. The van der Waals surface area contributed by atoms with Crippen molar-refractivity contribution in [2.45, 2.75) is 19.8 Å². The highest BCUT2D eigenvalue weighted by Gasteiger charge is 2.05. The molecule has 0 saturated carbocycles. The number of hydrogen-bond donors (Lipinski definition) is 1. The van der Waals surface area contributed by atoms with Gasteiger partial charge in [-0.1, -0.05) is 47.2 Å². The van der Waals surface area contributed by atoms with Gasteiger partial charge in [-0.2, -0.15) is 0 Å². The van der Waals surface area contributed by atoms with Gasteiger partial charge < -0.3 is 4.98 Å². The fraction of sp³-hybridized carbons (Fsp3) is 0.231. The first-order valence-electron chi connectivity index (χ1n) is 5.62. The highest BCUT2D eigenvalue weighted by molar-refractivity contribution is 9.10. The smallest absolute Gasteiger partial charge is 0.144 e. The summed E-state index contributed by atoms with van der Waals surface area (Å²) in [4.78, 5) is 7.73. The second-order valence-corrected chi connectivity index (χ2v) is 6.04. The summed E-state index contributed by atoms with van der Waals surface area (Å²) in [5.74, 6) is 0.901. The van der Waals surface area contributed by atoms with Crippen LogP contribution in [0.2, 0.25) is 0 Å². The van der Waals surface area contributed by atoms with Crippen LogP contribution in [0.15, 0.2) is 33.2 Å². The average molecular weight is 388 g/mol. The zero-order valence-electron chi connectivity index (χ0n) is 9.84. The third-order valence-electron chi connectivity index (χ3n) is 2.60. The molecule has 2 rings (SSSR count). The normalized spacial score (nSPS) is 10.6. The molecule has 0 unspecified atom stereocenters. The maximum atomic E-state index is 5.25. The minimum Gasteiger partial charge on any atom is -0.346 e. The summed E-state index contributed by atoms with van der Waals surface area (Å²) in [6.45, 7) is 2.09. The van der Waals surface area contributed by atoms with Gasteiger partial charge in [-0.05, 0) is 40.0 Å². The number of rotatable bonds is 3. The molecule has 1 heterocycles. The first-order chi connectivity index (χ1) is 8.60. The first kappa shape index (κ1) is 13.9. The minimum absolute atomic E-state index is 0.621. The molecular formula is C13H12Br2N2S. The van der Waals surface area contributed by atoms with E-state index in [4.69, 9.17) is 12.2 Å². The van der Waals surface area contributed by atoms with Crippen LogP contribution in [-0.2, 0) is 12.8 Å². The topological polar surface area (TPSA) is 28.7 Å². The number of aromatic nitrogens is 2. The van der Waals surface area contributed by atoms with Crippen molar-refractivity contribution in [1.29, 1.82) is 0 Å². The van der Waals surface area contributed by atoms with Crippen LogP contribution in [0.5, 0.6) is 0 Å². The molecular weight excluding hydrogens is 376 g/mol. The van der Waals surface area contributed by atoms with E-state index >= 15 is 0 Å². The number of nitrogens with zero attached hydrogens (tertiary/aromatic N) is 1. The van der Waals surface area contributed by atoms with Crippen LogP contribution in [0.25, 0.3) is 0 Å². The van der Waals surface area contributed by atoms with Crippen molar-refractivity contribution in [3.63, 3.8) is 0 Å². The van der Waals surface area contributed by atoms with Crippen LogP contribution in [0.1, 0.15) is 24.0 Å². The van der Waals surface area contributed by atoms with Gasteiger partial charge in [-0.15, -0.1) is 0 Å². The number of aromatic amines is 1. The fourth-order valence-corrected chi connectivity index (χ4v) is 2.87. The molecule has 0 spiro atoms. The van der Waals surface area contributed by atoms with Crippen molar-refractivity contribution < 1.29 is 0 Å². The Labute approximate surface area is 128 Å². The highest BCUT2D eigenvalue weighted by Crippen LogP contribution is 2.18. The summed E-state index contributed by atoms with van der Waals surface area (Å²) in [5, 5.41) is 0. The highest BCUT2D eigenvalue weighted by atomic mass is 79.9. The van der Waals surface area contributed by atoms with Gasteiger partial charge in [0.1, 0.15) is 10.5 Å². The molecule has 0 radical (unpaired) electrons. The van der Waals surface area contributed by atoms with Crippen molar-refractivity contribution >= 4 is 44.1 Å². The van der Waals surface area contributed by atoms with Crippen molar-refractivity contribution in [3.8, 4) is 0 Å². The monoisotopic (exact) mass is 386 g/mol. The molecule has 1 aromatic carbocycles. The molecule has 5 heteroatoms. The lowest BCUT2D eigenvalue weighted by Gasteiger charge is -2.07. The zero-order valence-corrected chi connectivity index (χ0v) is 13.8. The van der Waals surface area contributed by atoms with E-state index in [0.717, 1.165) is 33.3 Å². The fourth-order valence-electron chi connectivity index (χ4n) is 1.73. The van der Waals surface area contributed by atoms with E-state index in [1.54, 1.807) is 0 Å². The van der Waals surface area contributed by atoms with E-state index in [-0.39, 0.29) is 0 Å². The van der Waals surface area contributed by atoms with Gasteiger partial charge in [0.25, 0.3) is 0 Å². The molecule has 0 saturated heterocycles. The van der Waals surface area contributed by atoms with Crippen molar-refractivity contribution in [2.75, 3.05) is 0 Å². The van der Waals surface area contributed by atoms with Gasteiger partial charge in [0.2, 0.25) is 0 Å². The Balaban J connectivity index is 2.35. The number of aryl methyl sites for hydroxylation is 1. The van der Waals surface area contributed by atoms with E-state index in [1.807, 2.05) is 12.1 Å². The molecule has 0 aliphatic carbocycles. The Kier molecular flexibility index (Phi) is 4.70. The number of nitrogens with one attached hydrogen (secondary N) is 1. The van der Waals surface area contributed by atoms with Gasteiger partial charge in [-0.3, -0.25) is 0 Å². The molecule has 0 fully saturated rings. The van der Waals surface area contributed by atoms with Gasteiger partial charge in [0.15, 0.2) is 0 Å². The van der Waals surface area contributed by atoms with Crippen molar-refractivity contribution in [2.24, 2.45) is 0 Å². The van der Waals surface area contributed by atoms with Crippen molar-refractivity contribution in [3.05, 3.63) is 54.9 Å². The van der Waals surface area contributed by atoms with Gasteiger partial charge >= 0.3 is 0 Å². The lowest BCUT2D eigenvalue weighted by molar-refractivity contribution is 0.889. The van der Waals surface area contributed by atoms with Crippen LogP contribution in [0.3, 0.4) is 0 Å². The van der Waals surface area contributed by atoms with E-state index < -0.39 is 0 Å². The number of benzene rings is 1. The lowest BCUT2D eigenvalue weighted by Crippen LogP contribution is -2.02. The van der Waals surface area contributed by atoms with Crippen molar-refractivity contribution in [1.82, 2.24) is 9.97 Å². The molecule has 2 nitrogen and oxygen atoms in total. The van der Waals surface area contributed by atoms with Crippen LogP contribution in [-0.4, -0.2) is 9.97 Å². The van der Waals surface area contributed by atoms with Gasteiger partial charge in [0.05, 0.1) is 4.47 Å². The standard InChI is InChI=1S/C13H12Br2N2S/c1-2-10-12(15)13(18)17-11(16-10)7-8-4-3-5-9(14)6-8/h3-6H,2,7H2,1H3,(H,16,17,18). The summed E-state index contributed by atoms with van der Waals surface area (Å²) in [6, 6.07) is 8.20.